The zero-order chi connectivity index (χ0) is 20.0. The molecule has 146 valence electrons. The Morgan fingerprint density at radius 2 is 2.11 bits per heavy atom. The number of likely N-dealkylation sites (tertiary alicyclic amines) is 1. The van der Waals surface area contributed by atoms with Gasteiger partial charge in [-0.25, -0.2) is 4.98 Å². The van der Waals surface area contributed by atoms with Crippen molar-refractivity contribution < 1.29 is 14.7 Å². The van der Waals surface area contributed by atoms with E-state index in [1.54, 1.807) is 20.9 Å². The third kappa shape index (κ3) is 3.17. The van der Waals surface area contributed by atoms with Gasteiger partial charge in [-0.1, -0.05) is 13.0 Å². The van der Waals surface area contributed by atoms with Gasteiger partial charge in [-0.05, 0) is 36.8 Å². The number of thiophene rings is 1. The maximum Gasteiger partial charge on any atom is 0.308 e. The molecule has 4 heterocycles. The van der Waals surface area contributed by atoms with Gasteiger partial charge < -0.3 is 10.0 Å². The molecule has 1 aliphatic rings. The molecule has 7 nitrogen and oxygen atoms in total. The number of carbonyl (C=O) groups excluding carboxylic acids is 1. The second-order valence-electron chi connectivity index (χ2n) is 7.53. The Balaban J connectivity index is 1.82. The number of rotatable bonds is 3. The van der Waals surface area contributed by atoms with Gasteiger partial charge in [0.05, 0.1) is 33.1 Å². The van der Waals surface area contributed by atoms with Crippen molar-refractivity contribution in [3.63, 3.8) is 0 Å². The van der Waals surface area contributed by atoms with E-state index in [2.05, 4.69) is 5.10 Å². The van der Waals surface area contributed by atoms with Crippen LogP contribution >= 0.6 is 11.3 Å². The summed E-state index contributed by atoms with van der Waals surface area (Å²) in [5, 5.41) is 16.6. The number of hydrogen-bond acceptors (Lipinski definition) is 5. The fraction of sp³-hybridized carbons (Fsp3) is 0.400. The fourth-order valence-corrected chi connectivity index (χ4v) is 4.72. The van der Waals surface area contributed by atoms with Crippen molar-refractivity contribution in [3.05, 3.63) is 34.8 Å². The van der Waals surface area contributed by atoms with Crippen LogP contribution in [0.3, 0.4) is 0 Å². The van der Waals surface area contributed by atoms with E-state index in [-0.39, 0.29) is 18.4 Å². The van der Waals surface area contributed by atoms with E-state index < -0.39 is 11.9 Å². The first-order valence-electron chi connectivity index (χ1n) is 9.25. The van der Waals surface area contributed by atoms with Crippen LogP contribution in [-0.4, -0.2) is 49.7 Å². The van der Waals surface area contributed by atoms with E-state index >= 15 is 0 Å². The van der Waals surface area contributed by atoms with E-state index in [0.29, 0.717) is 24.2 Å². The van der Waals surface area contributed by atoms with Crippen molar-refractivity contribution in [1.82, 2.24) is 19.7 Å². The topological polar surface area (TPSA) is 88.3 Å². The Labute approximate surface area is 166 Å². The van der Waals surface area contributed by atoms with Crippen LogP contribution in [0.5, 0.6) is 0 Å². The average Bonchev–Trinajstić information content (AvgIpc) is 3.29. The maximum atomic E-state index is 13.5. The summed E-state index contributed by atoms with van der Waals surface area (Å²) >= 11 is 1.56. The van der Waals surface area contributed by atoms with Gasteiger partial charge in [0.2, 0.25) is 0 Å². The van der Waals surface area contributed by atoms with Gasteiger partial charge in [0.15, 0.2) is 5.65 Å². The number of carbonyl (C=O) groups is 2. The number of amides is 1. The van der Waals surface area contributed by atoms with Gasteiger partial charge in [-0.2, -0.15) is 5.10 Å². The second-order valence-corrected chi connectivity index (χ2v) is 8.47. The highest BCUT2D eigenvalue weighted by Gasteiger charge is 2.33. The lowest BCUT2D eigenvalue weighted by molar-refractivity contribution is -0.143. The summed E-state index contributed by atoms with van der Waals surface area (Å²) in [6.45, 7) is 4.64. The first-order chi connectivity index (χ1) is 13.3. The average molecular weight is 398 g/mol. The second kappa shape index (κ2) is 7.01. The molecule has 1 saturated heterocycles. The predicted molar refractivity (Wildman–Crippen MR) is 107 cm³/mol. The minimum Gasteiger partial charge on any atom is -0.481 e. The molecule has 2 unspecified atom stereocenters. The molecule has 0 bridgehead atoms. The number of hydrogen-bond donors (Lipinski definition) is 1. The molecular weight excluding hydrogens is 376 g/mol. The van der Waals surface area contributed by atoms with Crippen molar-refractivity contribution in [2.45, 2.75) is 20.3 Å². The summed E-state index contributed by atoms with van der Waals surface area (Å²) in [5.74, 6) is -1.39. The first-order valence-corrected chi connectivity index (χ1v) is 10.1. The number of carboxylic acids is 1. The van der Waals surface area contributed by atoms with Crippen LogP contribution in [0.15, 0.2) is 23.6 Å². The summed E-state index contributed by atoms with van der Waals surface area (Å²) in [6.07, 6.45) is 0.594. The molecule has 8 heteroatoms. The Hall–Kier alpha value is -2.74. The standard InChI is InChI=1S/C20H22N4O3S/c1-11-7-13(20(26)27)10-24(9-11)19(25)14-8-15(16-5-4-6-28-16)21-18-17(14)12(2)22-23(18)3/h4-6,8,11,13H,7,9-10H2,1-3H3,(H,26,27). The monoisotopic (exact) mass is 398 g/mol. The summed E-state index contributed by atoms with van der Waals surface area (Å²) in [5.41, 5.74) is 2.67. The highest BCUT2D eigenvalue weighted by atomic mass is 32.1. The molecule has 1 aliphatic heterocycles. The predicted octanol–water partition coefficient (Wildman–Crippen LogP) is 3.19. The van der Waals surface area contributed by atoms with Crippen LogP contribution in [0.1, 0.15) is 29.4 Å². The number of aliphatic carboxylic acids is 1. The number of aryl methyl sites for hydroxylation is 2. The van der Waals surface area contributed by atoms with Crippen molar-refractivity contribution in [3.8, 4) is 10.6 Å². The Morgan fingerprint density at radius 3 is 2.79 bits per heavy atom. The Morgan fingerprint density at radius 1 is 1.32 bits per heavy atom. The van der Waals surface area contributed by atoms with Crippen LogP contribution in [0.25, 0.3) is 21.6 Å². The highest BCUT2D eigenvalue weighted by Crippen LogP contribution is 2.31. The molecule has 2 atom stereocenters. The van der Waals surface area contributed by atoms with Crippen LogP contribution in [0.4, 0.5) is 0 Å². The molecule has 0 spiro atoms. The van der Waals surface area contributed by atoms with Crippen LogP contribution in [0.2, 0.25) is 0 Å². The number of piperidine rings is 1. The van der Waals surface area contributed by atoms with Crippen molar-refractivity contribution in [2.24, 2.45) is 18.9 Å². The molecule has 0 aromatic carbocycles. The minimum absolute atomic E-state index is 0.142. The quantitative estimate of drug-likeness (QED) is 0.732. The van der Waals surface area contributed by atoms with Gasteiger partial charge in [0, 0.05) is 20.1 Å². The lowest BCUT2D eigenvalue weighted by Gasteiger charge is -2.34. The minimum atomic E-state index is -0.846. The van der Waals surface area contributed by atoms with Crippen molar-refractivity contribution in [2.75, 3.05) is 13.1 Å². The Kier molecular flexibility index (Phi) is 4.66. The molecular formula is C20H22N4O3S. The fourth-order valence-electron chi connectivity index (χ4n) is 4.03. The molecule has 0 saturated carbocycles. The SMILES string of the molecule is Cc1nn(C)c2nc(-c3cccs3)cc(C(=O)N3CC(C)CC(C(=O)O)C3)c12. The molecule has 3 aromatic rings. The lowest BCUT2D eigenvalue weighted by Crippen LogP contribution is -2.45. The van der Waals surface area contributed by atoms with E-state index in [9.17, 15) is 14.7 Å². The smallest absolute Gasteiger partial charge is 0.308 e. The largest absolute Gasteiger partial charge is 0.481 e. The van der Waals surface area contributed by atoms with E-state index in [1.165, 1.54) is 0 Å². The third-order valence-electron chi connectivity index (χ3n) is 5.27. The summed E-state index contributed by atoms with van der Waals surface area (Å²) < 4.78 is 1.69. The highest BCUT2D eigenvalue weighted by molar-refractivity contribution is 7.13. The van der Waals surface area contributed by atoms with Gasteiger partial charge in [-0.3, -0.25) is 14.3 Å². The van der Waals surface area contributed by atoms with Crippen LogP contribution in [0, 0.1) is 18.8 Å². The number of carboxylic acid groups (broad SMARTS) is 1. The van der Waals surface area contributed by atoms with Gasteiger partial charge in [0.1, 0.15) is 0 Å². The molecule has 1 N–H and O–H groups in total. The van der Waals surface area contributed by atoms with Gasteiger partial charge >= 0.3 is 5.97 Å². The summed E-state index contributed by atoms with van der Waals surface area (Å²) in [7, 11) is 1.82. The summed E-state index contributed by atoms with van der Waals surface area (Å²) in [6, 6.07) is 5.74. The molecule has 28 heavy (non-hydrogen) atoms. The molecule has 1 amide bonds. The number of nitrogens with zero attached hydrogens (tertiary/aromatic N) is 4. The molecule has 1 fully saturated rings. The number of fused-ring (bicyclic) bond motifs is 1. The van der Waals surface area contributed by atoms with Crippen molar-refractivity contribution >= 4 is 34.2 Å². The lowest BCUT2D eigenvalue weighted by atomic mass is 9.90. The van der Waals surface area contributed by atoms with E-state index in [1.807, 2.05) is 44.5 Å². The van der Waals surface area contributed by atoms with Crippen molar-refractivity contribution in [1.29, 1.82) is 0 Å². The zero-order valence-electron chi connectivity index (χ0n) is 16.0. The number of pyridine rings is 1. The Bertz CT molecular complexity index is 1060. The van der Waals surface area contributed by atoms with E-state index in [0.717, 1.165) is 21.7 Å². The number of aromatic nitrogens is 3. The first kappa shape index (κ1) is 18.6. The molecule has 3 aromatic heterocycles. The molecule has 4 rings (SSSR count). The maximum absolute atomic E-state index is 13.5. The summed E-state index contributed by atoms with van der Waals surface area (Å²) in [4.78, 5) is 32.4. The zero-order valence-corrected chi connectivity index (χ0v) is 16.9. The van der Waals surface area contributed by atoms with E-state index in [4.69, 9.17) is 4.98 Å². The van der Waals surface area contributed by atoms with Crippen LogP contribution < -0.4 is 0 Å². The van der Waals surface area contributed by atoms with Crippen LogP contribution in [-0.2, 0) is 11.8 Å². The normalized spacial score (nSPS) is 19.9. The van der Waals surface area contributed by atoms with Gasteiger partial charge in [-0.15, -0.1) is 11.3 Å². The molecule has 0 aliphatic carbocycles. The molecule has 0 radical (unpaired) electrons. The van der Waals surface area contributed by atoms with Gasteiger partial charge in [0.25, 0.3) is 5.91 Å². The third-order valence-corrected chi connectivity index (χ3v) is 6.16.